The maximum Gasteiger partial charge on any atom is 0.336 e. The summed E-state index contributed by atoms with van der Waals surface area (Å²) < 4.78 is 0. The molecule has 0 unspecified atom stereocenters. The minimum absolute atomic E-state index is 0.331. The molecule has 0 aliphatic rings. The van der Waals surface area contributed by atoms with Crippen LogP contribution in [-0.4, -0.2) is 16.1 Å². The Morgan fingerprint density at radius 2 is 1.92 bits per heavy atom. The van der Waals surface area contributed by atoms with Crippen LogP contribution in [-0.2, 0) is 0 Å². The molecule has 0 amide bonds. The Morgan fingerprint density at radius 1 is 1.38 bits per heavy atom. The summed E-state index contributed by atoms with van der Waals surface area (Å²) in [5, 5.41) is 8.66. The van der Waals surface area contributed by atoms with Crippen LogP contribution in [0.25, 0.3) is 0 Å². The van der Waals surface area contributed by atoms with Gasteiger partial charge in [0.1, 0.15) is 0 Å². The summed E-state index contributed by atoms with van der Waals surface area (Å²) in [4.78, 5) is 14.5. The normalized spacial score (nSPS) is 8.62. The molecule has 0 spiro atoms. The van der Waals surface area contributed by atoms with Crippen LogP contribution in [0.5, 0.6) is 0 Å². The van der Waals surface area contributed by atoms with E-state index in [-0.39, 0.29) is 0 Å². The Labute approximate surface area is 78.4 Å². The molecule has 0 aromatic carbocycles. The first-order chi connectivity index (χ1) is 6.13. The number of carboxylic acids is 1. The third-order valence-electron chi connectivity index (χ3n) is 1.69. The van der Waals surface area contributed by atoms with E-state index in [1.54, 1.807) is 13.8 Å². The van der Waals surface area contributed by atoms with E-state index in [2.05, 4.69) is 4.98 Å². The Balaban J connectivity index is 0.000000671. The third-order valence-corrected chi connectivity index (χ3v) is 1.69. The Hall–Kier alpha value is -1.38. The van der Waals surface area contributed by atoms with Crippen LogP contribution in [0.1, 0.15) is 35.5 Å². The lowest BCUT2D eigenvalue weighted by atomic mass is 10.1. The van der Waals surface area contributed by atoms with E-state index < -0.39 is 5.97 Å². The zero-order valence-corrected chi connectivity index (χ0v) is 8.46. The lowest BCUT2D eigenvalue weighted by Crippen LogP contribution is -2.01. The molecule has 3 heteroatoms. The van der Waals surface area contributed by atoms with Crippen molar-refractivity contribution in [2.24, 2.45) is 0 Å². The first-order valence-electron chi connectivity index (χ1n) is 4.28. The molecule has 1 heterocycles. The zero-order valence-electron chi connectivity index (χ0n) is 8.46. The van der Waals surface area contributed by atoms with Crippen LogP contribution in [0.3, 0.4) is 0 Å². The summed E-state index contributed by atoms with van der Waals surface area (Å²) in [6, 6.07) is 1.50. The fourth-order valence-electron chi connectivity index (χ4n) is 0.872. The highest BCUT2D eigenvalue weighted by molar-refractivity contribution is 5.89. The first-order valence-corrected chi connectivity index (χ1v) is 4.28. The van der Waals surface area contributed by atoms with Crippen molar-refractivity contribution >= 4 is 5.97 Å². The van der Waals surface area contributed by atoms with Crippen LogP contribution < -0.4 is 0 Å². The fourth-order valence-corrected chi connectivity index (χ4v) is 0.872. The van der Waals surface area contributed by atoms with Crippen molar-refractivity contribution in [2.45, 2.75) is 27.7 Å². The highest BCUT2D eigenvalue weighted by Crippen LogP contribution is 2.09. The number of aryl methyl sites for hydroxylation is 1. The second kappa shape index (κ2) is 5.30. The van der Waals surface area contributed by atoms with Gasteiger partial charge in [-0.2, -0.15) is 0 Å². The van der Waals surface area contributed by atoms with E-state index in [0.717, 1.165) is 11.3 Å². The highest BCUT2D eigenvalue weighted by Gasteiger charge is 2.07. The maximum absolute atomic E-state index is 10.5. The predicted molar refractivity (Wildman–Crippen MR) is 52.0 cm³/mol. The van der Waals surface area contributed by atoms with Crippen molar-refractivity contribution in [3.8, 4) is 0 Å². The molecule has 1 rings (SSSR count). The maximum atomic E-state index is 10.5. The number of aromatic carboxylic acids is 1. The van der Waals surface area contributed by atoms with Crippen molar-refractivity contribution in [3.05, 3.63) is 29.1 Å². The molecule has 0 aliphatic heterocycles. The molecule has 0 saturated carbocycles. The fraction of sp³-hybridized carbons (Fsp3) is 0.400. The van der Waals surface area contributed by atoms with Gasteiger partial charge >= 0.3 is 5.97 Å². The predicted octanol–water partition coefficient (Wildman–Crippen LogP) is 2.42. The molecular weight excluding hydrogens is 166 g/mol. The third kappa shape index (κ3) is 2.86. The quantitative estimate of drug-likeness (QED) is 0.723. The van der Waals surface area contributed by atoms with Crippen molar-refractivity contribution in [1.29, 1.82) is 0 Å². The smallest absolute Gasteiger partial charge is 0.336 e. The largest absolute Gasteiger partial charge is 0.478 e. The first kappa shape index (κ1) is 11.6. The molecule has 1 N–H and O–H groups in total. The van der Waals surface area contributed by atoms with E-state index in [1.165, 1.54) is 12.3 Å². The van der Waals surface area contributed by atoms with Gasteiger partial charge in [-0.05, 0) is 25.5 Å². The summed E-state index contributed by atoms with van der Waals surface area (Å²) in [6.45, 7) is 7.55. The molecule has 72 valence electrons. The van der Waals surface area contributed by atoms with E-state index in [9.17, 15) is 4.79 Å². The number of aromatic nitrogens is 1. The second-order valence-electron chi connectivity index (χ2n) is 2.37. The SMILES string of the molecule is CC.Cc1nccc(C(=O)O)c1C. The topological polar surface area (TPSA) is 50.2 Å². The van der Waals surface area contributed by atoms with Gasteiger partial charge in [0.2, 0.25) is 0 Å². The monoisotopic (exact) mass is 181 g/mol. The van der Waals surface area contributed by atoms with Gasteiger partial charge in [0, 0.05) is 11.9 Å². The number of carboxylic acid groups (broad SMARTS) is 1. The molecule has 13 heavy (non-hydrogen) atoms. The zero-order chi connectivity index (χ0) is 10.4. The van der Waals surface area contributed by atoms with E-state index >= 15 is 0 Å². The average molecular weight is 181 g/mol. The molecule has 0 fully saturated rings. The summed E-state index contributed by atoms with van der Waals surface area (Å²) in [6.07, 6.45) is 1.51. The Kier molecular flexibility index (Phi) is 4.74. The number of hydrogen-bond acceptors (Lipinski definition) is 2. The van der Waals surface area contributed by atoms with Gasteiger partial charge < -0.3 is 5.11 Å². The lowest BCUT2D eigenvalue weighted by Gasteiger charge is -2.01. The van der Waals surface area contributed by atoms with Crippen LogP contribution in [0.15, 0.2) is 12.3 Å². The standard InChI is InChI=1S/C8H9NO2.C2H6/c1-5-6(2)9-4-3-7(5)8(10)11;1-2/h3-4H,1-2H3,(H,10,11);1-2H3. The number of carbonyl (C=O) groups is 1. The molecule has 0 radical (unpaired) electrons. The van der Waals surface area contributed by atoms with Crippen molar-refractivity contribution in [1.82, 2.24) is 4.98 Å². The van der Waals surface area contributed by atoms with Gasteiger partial charge in [-0.1, -0.05) is 13.8 Å². The molecule has 1 aromatic heterocycles. The van der Waals surface area contributed by atoms with E-state index in [1.807, 2.05) is 13.8 Å². The molecule has 0 aliphatic carbocycles. The van der Waals surface area contributed by atoms with Crippen LogP contribution in [0.4, 0.5) is 0 Å². The lowest BCUT2D eigenvalue weighted by molar-refractivity contribution is 0.0696. The van der Waals surface area contributed by atoms with E-state index in [4.69, 9.17) is 5.11 Å². The van der Waals surface area contributed by atoms with Gasteiger partial charge in [0.15, 0.2) is 0 Å². The van der Waals surface area contributed by atoms with Crippen LogP contribution >= 0.6 is 0 Å². The Bertz CT molecular complexity index is 295. The summed E-state index contributed by atoms with van der Waals surface area (Å²) in [5.41, 5.74) is 1.84. The van der Waals surface area contributed by atoms with E-state index in [0.29, 0.717) is 5.56 Å². The summed E-state index contributed by atoms with van der Waals surface area (Å²) in [5.74, 6) is -0.895. The van der Waals surface area contributed by atoms with Gasteiger partial charge in [0.05, 0.1) is 5.56 Å². The number of rotatable bonds is 1. The van der Waals surface area contributed by atoms with Crippen LogP contribution in [0, 0.1) is 13.8 Å². The van der Waals surface area contributed by atoms with Crippen LogP contribution in [0.2, 0.25) is 0 Å². The molecular formula is C10H15NO2. The molecule has 3 nitrogen and oxygen atoms in total. The summed E-state index contributed by atoms with van der Waals surface area (Å²) >= 11 is 0. The minimum atomic E-state index is -0.895. The summed E-state index contributed by atoms with van der Waals surface area (Å²) in [7, 11) is 0. The van der Waals surface area contributed by atoms with Gasteiger partial charge in [-0.25, -0.2) is 4.79 Å². The second-order valence-corrected chi connectivity index (χ2v) is 2.37. The van der Waals surface area contributed by atoms with Crippen molar-refractivity contribution in [3.63, 3.8) is 0 Å². The molecule has 0 atom stereocenters. The average Bonchev–Trinajstić information content (AvgIpc) is 2.13. The van der Waals surface area contributed by atoms with Gasteiger partial charge in [0.25, 0.3) is 0 Å². The minimum Gasteiger partial charge on any atom is -0.478 e. The Morgan fingerprint density at radius 3 is 2.31 bits per heavy atom. The number of nitrogens with zero attached hydrogens (tertiary/aromatic N) is 1. The molecule has 0 bridgehead atoms. The number of pyridine rings is 1. The molecule has 1 aromatic rings. The van der Waals surface area contributed by atoms with Gasteiger partial charge in [-0.3, -0.25) is 4.98 Å². The van der Waals surface area contributed by atoms with Crippen molar-refractivity contribution in [2.75, 3.05) is 0 Å². The highest BCUT2D eigenvalue weighted by atomic mass is 16.4. The van der Waals surface area contributed by atoms with Crippen molar-refractivity contribution < 1.29 is 9.90 Å². The van der Waals surface area contributed by atoms with Gasteiger partial charge in [-0.15, -0.1) is 0 Å². The number of hydrogen-bond donors (Lipinski definition) is 1. The molecule has 0 saturated heterocycles.